The number of ether oxygens (including phenoxy) is 1. The number of methoxy groups -OCH3 is 1. The third-order valence-electron chi connectivity index (χ3n) is 6.57. The predicted octanol–water partition coefficient (Wildman–Crippen LogP) is 3.12. The van der Waals surface area contributed by atoms with E-state index in [9.17, 15) is 33.3 Å². The number of phenols is 2. The van der Waals surface area contributed by atoms with Crippen LogP contribution in [0, 0.1) is 6.92 Å². The first-order valence-corrected chi connectivity index (χ1v) is 13.7. The van der Waals surface area contributed by atoms with Crippen molar-refractivity contribution in [1.82, 2.24) is 4.57 Å². The van der Waals surface area contributed by atoms with Crippen molar-refractivity contribution in [3.05, 3.63) is 93.6 Å². The van der Waals surface area contributed by atoms with Gasteiger partial charge in [0.1, 0.15) is 17.3 Å². The monoisotopic (exact) mass is 568 g/mol. The fourth-order valence-electron chi connectivity index (χ4n) is 4.44. The number of hydrogen-bond acceptors (Lipinski definition) is 9. The van der Waals surface area contributed by atoms with Crippen molar-refractivity contribution in [2.24, 2.45) is 5.14 Å². The number of aromatic nitrogens is 1. The molecule has 2 aromatic carbocycles. The van der Waals surface area contributed by atoms with E-state index in [1.807, 2.05) is 0 Å². The van der Waals surface area contributed by atoms with Gasteiger partial charge in [-0.15, -0.1) is 0 Å². The Bertz CT molecular complexity index is 1720. The minimum atomic E-state index is -3.88. The predicted molar refractivity (Wildman–Crippen MR) is 145 cm³/mol. The number of hydrogen-bond donors (Lipinski definition) is 4. The van der Waals surface area contributed by atoms with Crippen molar-refractivity contribution in [3.8, 4) is 28.6 Å². The van der Waals surface area contributed by atoms with E-state index < -0.39 is 27.5 Å². The second-order valence-corrected chi connectivity index (χ2v) is 10.8. The van der Waals surface area contributed by atoms with Crippen LogP contribution >= 0.6 is 0 Å². The molecule has 0 aliphatic rings. The van der Waals surface area contributed by atoms with E-state index in [-0.39, 0.29) is 46.4 Å². The topological polar surface area (TPSA) is 182 Å². The maximum absolute atomic E-state index is 13.7. The van der Waals surface area contributed by atoms with Crippen LogP contribution in [-0.2, 0) is 32.5 Å². The Labute approximate surface area is 229 Å². The number of primary sulfonamides is 1. The highest BCUT2D eigenvalue weighted by Crippen LogP contribution is 2.36. The van der Waals surface area contributed by atoms with Crippen molar-refractivity contribution in [3.63, 3.8) is 0 Å². The van der Waals surface area contributed by atoms with Gasteiger partial charge in [-0.25, -0.2) is 13.6 Å². The third-order valence-corrected chi connectivity index (χ3v) is 7.50. The van der Waals surface area contributed by atoms with Crippen molar-refractivity contribution >= 4 is 16.0 Å². The van der Waals surface area contributed by atoms with E-state index in [4.69, 9.17) is 14.3 Å². The Morgan fingerprint density at radius 1 is 1.00 bits per heavy atom. The summed E-state index contributed by atoms with van der Waals surface area (Å²) in [5, 5.41) is 35.4. The molecule has 2 aromatic heterocycles. The molecule has 210 valence electrons. The van der Waals surface area contributed by atoms with Gasteiger partial charge >= 0.3 is 5.97 Å². The molecule has 0 fully saturated rings. The summed E-state index contributed by atoms with van der Waals surface area (Å²) < 4.78 is 35.4. The molecule has 2 heterocycles. The van der Waals surface area contributed by atoms with Gasteiger partial charge in [-0.2, -0.15) is 0 Å². The van der Waals surface area contributed by atoms with E-state index in [1.54, 1.807) is 25.1 Å². The van der Waals surface area contributed by atoms with Gasteiger partial charge in [0.15, 0.2) is 11.5 Å². The maximum Gasteiger partial charge on any atom is 0.306 e. The minimum Gasteiger partial charge on any atom is -0.507 e. The van der Waals surface area contributed by atoms with Gasteiger partial charge in [0, 0.05) is 17.8 Å². The average molecular weight is 569 g/mol. The summed E-state index contributed by atoms with van der Waals surface area (Å²) in [7, 11) is -2.67. The first-order chi connectivity index (χ1) is 18.9. The molecule has 0 saturated carbocycles. The van der Waals surface area contributed by atoms with Crippen LogP contribution in [0.4, 0.5) is 0 Å². The fourth-order valence-corrected chi connectivity index (χ4v) is 4.95. The summed E-state index contributed by atoms with van der Waals surface area (Å²) in [4.78, 5) is 26.0. The molecule has 0 radical (unpaired) electrons. The van der Waals surface area contributed by atoms with E-state index in [0.29, 0.717) is 29.0 Å². The summed E-state index contributed by atoms with van der Waals surface area (Å²) >= 11 is 0. The second-order valence-electron chi connectivity index (χ2n) is 9.22. The van der Waals surface area contributed by atoms with Crippen molar-refractivity contribution in [1.29, 1.82) is 0 Å². The number of sulfonamides is 1. The number of aryl methyl sites for hydroxylation is 2. The summed E-state index contributed by atoms with van der Waals surface area (Å²) in [6.07, 6.45) is 0.0331. The Morgan fingerprint density at radius 3 is 2.33 bits per heavy atom. The molecule has 0 spiro atoms. The van der Waals surface area contributed by atoms with Crippen LogP contribution in [0.25, 0.3) is 11.3 Å². The fraction of sp³-hybridized carbons (Fsp3) is 0.214. The number of carbonyl (C=O) groups is 1. The van der Waals surface area contributed by atoms with Gasteiger partial charge < -0.3 is 29.0 Å². The number of carbonyl (C=O) groups excluding carboxylic acids is 1. The quantitative estimate of drug-likeness (QED) is 0.174. The molecular formula is C28H28N2O9S. The molecule has 5 N–H and O–H groups in total. The van der Waals surface area contributed by atoms with Crippen LogP contribution in [0.2, 0.25) is 0 Å². The normalized spacial score (nSPS) is 12.3. The number of rotatable bonds is 9. The molecule has 0 amide bonds. The number of nitrogens with two attached hydrogens (primary N) is 1. The minimum absolute atomic E-state index is 0.0602. The number of benzene rings is 2. The van der Waals surface area contributed by atoms with Crippen molar-refractivity contribution in [2.45, 2.75) is 37.1 Å². The van der Waals surface area contributed by atoms with E-state index >= 15 is 0 Å². The van der Waals surface area contributed by atoms with Crippen molar-refractivity contribution in [2.75, 3.05) is 7.11 Å². The molecule has 0 bridgehead atoms. The first kappa shape index (κ1) is 28.5. The van der Waals surface area contributed by atoms with Gasteiger partial charge in [0.25, 0.3) is 5.56 Å². The lowest BCUT2D eigenvalue weighted by Crippen LogP contribution is -2.29. The van der Waals surface area contributed by atoms with Gasteiger partial charge in [0.05, 0.1) is 29.9 Å². The molecule has 0 aliphatic carbocycles. The number of pyridine rings is 1. The van der Waals surface area contributed by atoms with Crippen LogP contribution in [0.1, 0.15) is 34.9 Å². The molecule has 4 aromatic rings. The smallest absolute Gasteiger partial charge is 0.306 e. The molecule has 4 rings (SSSR count). The number of aromatic hydroxyl groups is 3. The highest BCUT2D eigenvalue weighted by molar-refractivity contribution is 7.89. The number of nitrogens with zero attached hydrogens (tertiary/aromatic N) is 1. The summed E-state index contributed by atoms with van der Waals surface area (Å²) in [5.74, 6) is -1.93. The molecule has 40 heavy (non-hydrogen) atoms. The Kier molecular flexibility index (Phi) is 8.03. The van der Waals surface area contributed by atoms with Gasteiger partial charge in [-0.1, -0.05) is 6.07 Å². The summed E-state index contributed by atoms with van der Waals surface area (Å²) in [5.41, 5.74) is 1.07. The zero-order valence-corrected chi connectivity index (χ0v) is 22.5. The highest BCUT2D eigenvalue weighted by atomic mass is 32.2. The van der Waals surface area contributed by atoms with Crippen LogP contribution in [0.15, 0.2) is 74.8 Å². The Morgan fingerprint density at radius 2 is 1.70 bits per heavy atom. The van der Waals surface area contributed by atoms with Crippen LogP contribution in [0.5, 0.6) is 17.2 Å². The van der Waals surface area contributed by atoms with Crippen LogP contribution < -0.4 is 10.7 Å². The third kappa shape index (κ3) is 6.03. The highest BCUT2D eigenvalue weighted by Gasteiger charge is 2.29. The number of esters is 1. The first-order valence-electron chi connectivity index (χ1n) is 12.1. The largest absolute Gasteiger partial charge is 0.507 e. The SMILES string of the molecule is COC(=O)C[C@H](c1ccc(-c2ccc(S(N)(=O)=O)cc2)o1)c1c(O)cc(C)n(CCc2ccc(O)c(O)c2)c1=O. The lowest BCUT2D eigenvalue weighted by molar-refractivity contribution is -0.140. The van der Waals surface area contributed by atoms with Gasteiger partial charge in [0.2, 0.25) is 10.0 Å². The molecule has 1 atom stereocenters. The van der Waals surface area contributed by atoms with Crippen LogP contribution in [0.3, 0.4) is 0 Å². The second kappa shape index (κ2) is 11.3. The Balaban J connectivity index is 1.72. The molecule has 11 nitrogen and oxygen atoms in total. The zero-order chi connectivity index (χ0) is 29.2. The molecule has 0 aliphatic heterocycles. The van der Waals surface area contributed by atoms with E-state index in [0.717, 1.165) is 0 Å². The molecule has 0 unspecified atom stereocenters. The number of phenolic OH excluding ortho intramolecular Hbond substituents is 2. The Hall–Kier alpha value is -4.55. The van der Waals surface area contributed by atoms with Crippen molar-refractivity contribution < 1.29 is 37.7 Å². The summed E-state index contributed by atoms with van der Waals surface area (Å²) in [6.45, 7) is 1.84. The van der Waals surface area contributed by atoms with E-state index in [1.165, 1.54) is 54.1 Å². The summed E-state index contributed by atoms with van der Waals surface area (Å²) in [6, 6.07) is 14.6. The molecule has 12 heteroatoms. The van der Waals surface area contributed by atoms with Gasteiger partial charge in [-0.3, -0.25) is 9.59 Å². The van der Waals surface area contributed by atoms with E-state index in [2.05, 4.69) is 0 Å². The van der Waals surface area contributed by atoms with Crippen LogP contribution in [-0.4, -0.2) is 41.4 Å². The number of furan rings is 1. The zero-order valence-electron chi connectivity index (χ0n) is 21.7. The average Bonchev–Trinajstić information content (AvgIpc) is 3.39. The molecular weight excluding hydrogens is 540 g/mol. The lowest BCUT2D eigenvalue weighted by Gasteiger charge is -2.19. The maximum atomic E-state index is 13.7. The standard InChI is InChI=1S/C28H28N2O9S/c1-16-13-23(33)27(28(35)30(16)12-11-17-3-8-21(31)22(32)14-17)20(15-26(34)38-2)25-10-9-24(39-25)18-4-6-19(7-5-18)40(29,36)37/h3-10,13-14,20,31-33H,11-12,15H2,1-2H3,(H2,29,36,37)/t20-/m1/s1. The lowest BCUT2D eigenvalue weighted by atomic mass is 9.93. The van der Waals surface area contributed by atoms with Gasteiger partial charge in [-0.05, 0) is 73.5 Å². The molecule has 0 saturated heterocycles.